The molecule has 5 heteroatoms. The zero-order valence-electron chi connectivity index (χ0n) is 15.7. The molecule has 2 rings (SSSR count). The van der Waals surface area contributed by atoms with Crippen LogP contribution in [0.15, 0.2) is 48.5 Å². The summed E-state index contributed by atoms with van der Waals surface area (Å²) in [4.78, 5) is 26.6. The van der Waals surface area contributed by atoms with Crippen LogP contribution in [-0.4, -0.2) is 41.0 Å². The Morgan fingerprint density at radius 2 is 1.73 bits per heavy atom. The second-order valence-corrected chi connectivity index (χ2v) is 7.16. The Morgan fingerprint density at radius 1 is 1.08 bits per heavy atom. The van der Waals surface area contributed by atoms with Crippen molar-refractivity contribution in [2.24, 2.45) is 0 Å². The van der Waals surface area contributed by atoms with Gasteiger partial charge in [0.2, 0.25) is 0 Å². The van der Waals surface area contributed by atoms with Crippen molar-refractivity contribution in [1.29, 1.82) is 0 Å². The minimum Gasteiger partial charge on any atom is -0.507 e. The number of methoxy groups -OCH3 is 1. The summed E-state index contributed by atoms with van der Waals surface area (Å²) in [5, 5.41) is 9.80. The van der Waals surface area contributed by atoms with E-state index in [1.165, 1.54) is 25.3 Å². The van der Waals surface area contributed by atoms with Gasteiger partial charge >= 0.3 is 5.97 Å². The van der Waals surface area contributed by atoms with Crippen LogP contribution in [-0.2, 0) is 11.3 Å². The SMILES string of the molecule is COC(=O)c1cc(C(=O)CN(Cc2ccccc2)C(C)(C)C)ccc1O. The van der Waals surface area contributed by atoms with E-state index in [0.717, 1.165) is 5.56 Å². The normalized spacial score (nSPS) is 11.4. The number of hydrogen-bond acceptors (Lipinski definition) is 5. The number of carbonyl (C=O) groups is 2. The van der Waals surface area contributed by atoms with Crippen LogP contribution in [0, 0.1) is 0 Å². The average Bonchev–Trinajstić information content (AvgIpc) is 2.61. The number of rotatable bonds is 6. The summed E-state index contributed by atoms with van der Waals surface area (Å²) in [6.45, 7) is 7.00. The Morgan fingerprint density at radius 3 is 2.31 bits per heavy atom. The van der Waals surface area contributed by atoms with Crippen LogP contribution in [0.4, 0.5) is 0 Å². The molecule has 138 valence electrons. The van der Waals surface area contributed by atoms with Crippen molar-refractivity contribution in [1.82, 2.24) is 4.90 Å². The first-order chi connectivity index (χ1) is 12.2. The van der Waals surface area contributed by atoms with Gasteiger partial charge in [0.15, 0.2) is 5.78 Å². The highest BCUT2D eigenvalue weighted by atomic mass is 16.5. The molecule has 0 saturated heterocycles. The predicted molar refractivity (Wildman–Crippen MR) is 100 cm³/mol. The number of benzene rings is 2. The Labute approximate surface area is 154 Å². The average molecular weight is 355 g/mol. The first kappa shape index (κ1) is 19.7. The van der Waals surface area contributed by atoms with Crippen molar-refractivity contribution >= 4 is 11.8 Å². The van der Waals surface area contributed by atoms with E-state index in [-0.39, 0.29) is 29.2 Å². The van der Waals surface area contributed by atoms with Gasteiger partial charge in [-0.3, -0.25) is 9.69 Å². The van der Waals surface area contributed by atoms with E-state index >= 15 is 0 Å². The van der Waals surface area contributed by atoms with Crippen molar-refractivity contribution in [2.75, 3.05) is 13.7 Å². The molecule has 0 spiro atoms. The van der Waals surface area contributed by atoms with Crippen LogP contribution in [0.5, 0.6) is 5.75 Å². The molecule has 2 aromatic rings. The van der Waals surface area contributed by atoms with Gasteiger partial charge in [-0.15, -0.1) is 0 Å². The van der Waals surface area contributed by atoms with Crippen molar-refractivity contribution < 1.29 is 19.4 Å². The lowest BCUT2D eigenvalue weighted by molar-refractivity contribution is 0.0597. The maximum absolute atomic E-state index is 12.8. The van der Waals surface area contributed by atoms with Crippen molar-refractivity contribution in [3.63, 3.8) is 0 Å². The first-order valence-corrected chi connectivity index (χ1v) is 8.46. The van der Waals surface area contributed by atoms with Gasteiger partial charge in [-0.1, -0.05) is 30.3 Å². The van der Waals surface area contributed by atoms with Gasteiger partial charge in [-0.25, -0.2) is 4.79 Å². The van der Waals surface area contributed by atoms with E-state index in [2.05, 4.69) is 30.4 Å². The Hall–Kier alpha value is -2.66. The second kappa shape index (κ2) is 8.15. The highest BCUT2D eigenvalue weighted by Crippen LogP contribution is 2.22. The fourth-order valence-electron chi connectivity index (χ4n) is 2.58. The largest absolute Gasteiger partial charge is 0.507 e. The maximum atomic E-state index is 12.8. The Kier molecular flexibility index (Phi) is 6.16. The van der Waals surface area contributed by atoms with E-state index in [4.69, 9.17) is 0 Å². The lowest BCUT2D eigenvalue weighted by Crippen LogP contribution is -2.43. The number of ether oxygens (including phenoxy) is 1. The highest BCUT2D eigenvalue weighted by molar-refractivity contribution is 6.01. The zero-order chi connectivity index (χ0) is 19.3. The molecule has 0 heterocycles. The molecule has 0 bridgehead atoms. The summed E-state index contributed by atoms with van der Waals surface area (Å²) in [6.07, 6.45) is 0. The molecule has 2 aromatic carbocycles. The van der Waals surface area contributed by atoms with Gasteiger partial charge in [0, 0.05) is 17.6 Å². The van der Waals surface area contributed by atoms with Crippen molar-refractivity contribution in [3.05, 3.63) is 65.2 Å². The molecular formula is C21H25NO4. The third-order valence-electron chi connectivity index (χ3n) is 4.22. The molecular weight excluding hydrogens is 330 g/mol. The summed E-state index contributed by atoms with van der Waals surface area (Å²) < 4.78 is 4.65. The molecule has 26 heavy (non-hydrogen) atoms. The number of nitrogens with zero attached hydrogens (tertiary/aromatic N) is 1. The standard InChI is InChI=1S/C21H25NO4/c1-21(2,3)22(13-15-8-6-5-7-9-15)14-19(24)16-10-11-18(23)17(12-16)20(25)26-4/h5-12,23H,13-14H2,1-4H3. The number of carbonyl (C=O) groups excluding carboxylic acids is 2. The minimum atomic E-state index is -0.672. The molecule has 0 atom stereocenters. The maximum Gasteiger partial charge on any atom is 0.341 e. The molecule has 0 aliphatic carbocycles. The molecule has 0 fully saturated rings. The summed E-state index contributed by atoms with van der Waals surface area (Å²) in [5.41, 5.74) is 1.26. The first-order valence-electron chi connectivity index (χ1n) is 8.46. The number of hydrogen-bond donors (Lipinski definition) is 1. The number of phenolic OH excluding ortho intramolecular Hbond substituents is 1. The number of Topliss-reactive ketones (excluding diaryl/α,β-unsaturated/α-hetero) is 1. The summed E-state index contributed by atoms with van der Waals surface area (Å²) in [6, 6.07) is 14.2. The zero-order valence-corrected chi connectivity index (χ0v) is 15.7. The summed E-state index contributed by atoms with van der Waals surface area (Å²) >= 11 is 0. The molecule has 5 nitrogen and oxygen atoms in total. The minimum absolute atomic E-state index is 0.0104. The third kappa shape index (κ3) is 4.92. The smallest absolute Gasteiger partial charge is 0.341 e. The van der Waals surface area contributed by atoms with E-state index < -0.39 is 5.97 Å². The monoisotopic (exact) mass is 355 g/mol. The quantitative estimate of drug-likeness (QED) is 0.633. The third-order valence-corrected chi connectivity index (χ3v) is 4.22. The van der Waals surface area contributed by atoms with Crippen LogP contribution in [0.25, 0.3) is 0 Å². The van der Waals surface area contributed by atoms with E-state index in [1.807, 2.05) is 30.3 Å². The number of aromatic hydroxyl groups is 1. The van der Waals surface area contributed by atoms with Crippen LogP contribution in [0.3, 0.4) is 0 Å². The molecule has 0 saturated carbocycles. The molecule has 0 aliphatic heterocycles. The van der Waals surface area contributed by atoms with Crippen LogP contribution in [0.2, 0.25) is 0 Å². The lowest BCUT2D eigenvalue weighted by atomic mass is 10.0. The Bertz CT molecular complexity index is 778. The van der Waals surface area contributed by atoms with Gasteiger partial charge in [0.25, 0.3) is 0 Å². The second-order valence-electron chi connectivity index (χ2n) is 7.16. The van der Waals surface area contributed by atoms with Crippen LogP contribution >= 0.6 is 0 Å². The van der Waals surface area contributed by atoms with Crippen molar-refractivity contribution in [3.8, 4) is 5.75 Å². The summed E-state index contributed by atoms with van der Waals surface area (Å²) in [5.74, 6) is -1.000. The molecule has 0 aliphatic rings. The number of phenols is 1. The molecule has 0 radical (unpaired) electrons. The fourth-order valence-corrected chi connectivity index (χ4v) is 2.58. The number of ketones is 1. The molecule has 0 amide bonds. The predicted octanol–water partition coefficient (Wildman–Crippen LogP) is 3.66. The van der Waals surface area contributed by atoms with Gasteiger partial charge in [0.1, 0.15) is 11.3 Å². The van der Waals surface area contributed by atoms with Gasteiger partial charge in [-0.2, -0.15) is 0 Å². The van der Waals surface area contributed by atoms with Gasteiger partial charge in [-0.05, 0) is 44.5 Å². The molecule has 0 aromatic heterocycles. The van der Waals surface area contributed by atoms with E-state index in [9.17, 15) is 14.7 Å². The molecule has 1 N–H and O–H groups in total. The van der Waals surface area contributed by atoms with Crippen molar-refractivity contribution in [2.45, 2.75) is 32.9 Å². The highest BCUT2D eigenvalue weighted by Gasteiger charge is 2.25. The lowest BCUT2D eigenvalue weighted by Gasteiger charge is -2.35. The van der Waals surface area contributed by atoms with Gasteiger partial charge < -0.3 is 9.84 Å². The topological polar surface area (TPSA) is 66.8 Å². The molecule has 0 unspecified atom stereocenters. The summed E-state index contributed by atoms with van der Waals surface area (Å²) in [7, 11) is 1.23. The van der Waals surface area contributed by atoms with Gasteiger partial charge in [0.05, 0.1) is 13.7 Å². The fraction of sp³-hybridized carbons (Fsp3) is 0.333. The number of esters is 1. The van der Waals surface area contributed by atoms with E-state index in [1.54, 1.807) is 0 Å². The van der Waals surface area contributed by atoms with Crippen LogP contribution in [0.1, 0.15) is 47.1 Å². The van der Waals surface area contributed by atoms with Crippen LogP contribution < -0.4 is 0 Å². The Balaban J connectivity index is 2.23. The van der Waals surface area contributed by atoms with E-state index in [0.29, 0.717) is 12.1 Å².